The summed E-state index contributed by atoms with van der Waals surface area (Å²) in [5.74, 6) is 0. The molecule has 0 aliphatic carbocycles. The number of rotatable bonds is 1. The van der Waals surface area contributed by atoms with Gasteiger partial charge in [-0.25, -0.2) is 0 Å². The van der Waals surface area contributed by atoms with E-state index in [0.29, 0.717) is 0 Å². The predicted octanol–water partition coefficient (Wildman–Crippen LogP) is 0.866. The van der Waals surface area contributed by atoms with Gasteiger partial charge in [0.2, 0.25) is 0 Å². The van der Waals surface area contributed by atoms with Crippen molar-refractivity contribution in [3.05, 3.63) is 0 Å². The van der Waals surface area contributed by atoms with E-state index in [1.54, 1.807) is 0 Å². The molecule has 3 heteroatoms. The van der Waals surface area contributed by atoms with Crippen molar-refractivity contribution in [2.75, 3.05) is 19.7 Å². The first kappa shape index (κ1) is 11.0. The lowest BCUT2D eigenvalue weighted by atomic mass is 10.0. The highest BCUT2D eigenvalue weighted by Crippen LogP contribution is 2.20. The Morgan fingerprint density at radius 3 is 2.46 bits per heavy atom. The van der Waals surface area contributed by atoms with Gasteiger partial charge >= 0.3 is 0 Å². The van der Waals surface area contributed by atoms with Gasteiger partial charge in [0.15, 0.2) is 0 Å². The third-order valence-electron chi connectivity index (χ3n) is 2.48. The number of morpholine rings is 1. The second-order valence-corrected chi connectivity index (χ2v) is 4.83. The topological polar surface area (TPSA) is 32.7 Å². The van der Waals surface area contributed by atoms with Crippen LogP contribution in [0, 0.1) is 0 Å². The summed E-state index contributed by atoms with van der Waals surface area (Å²) >= 11 is 0. The molecule has 78 valence electrons. The first-order chi connectivity index (χ1) is 5.93. The van der Waals surface area contributed by atoms with Gasteiger partial charge < -0.3 is 9.84 Å². The van der Waals surface area contributed by atoms with Crippen LogP contribution in [0.2, 0.25) is 0 Å². The van der Waals surface area contributed by atoms with E-state index in [1.165, 1.54) is 0 Å². The molecule has 0 spiro atoms. The molecule has 3 nitrogen and oxygen atoms in total. The van der Waals surface area contributed by atoms with Gasteiger partial charge in [0.25, 0.3) is 0 Å². The summed E-state index contributed by atoms with van der Waals surface area (Å²) in [5, 5.41) is 9.04. The van der Waals surface area contributed by atoms with Crippen molar-refractivity contribution < 1.29 is 9.84 Å². The van der Waals surface area contributed by atoms with Crippen LogP contribution in [-0.4, -0.2) is 47.4 Å². The number of hydrogen-bond donors (Lipinski definition) is 1. The van der Waals surface area contributed by atoms with E-state index in [1.807, 2.05) is 0 Å². The molecule has 0 unspecified atom stereocenters. The molecule has 0 bridgehead atoms. The van der Waals surface area contributed by atoms with Gasteiger partial charge in [-0.2, -0.15) is 0 Å². The highest BCUT2D eigenvalue weighted by Gasteiger charge is 2.31. The van der Waals surface area contributed by atoms with Crippen molar-refractivity contribution >= 4 is 0 Å². The lowest BCUT2D eigenvalue weighted by Crippen LogP contribution is -2.54. The molecule has 0 radical (unpaired) electrons. The smallest absolute Gasteiger partial charge is 0.0936 e. The number of ether oxygens (including phenoxy) is 1. The van der Waals surface area contributed by atoms with Crippen LogP contribution >= 0.6 is 0 Å². The normalized spacial score (nSPS) is 32.1. The van der Waals surface area contributed by atoms with Crippen molar-refractivity contribution in [2.24, 2.45) is 0 Å². The zero-order chi connectivity index (χ0) is 10.1. The number of nitrogens with zero attached hydrogens (tertiary/aromatic N) is 1. The highest BCUT2D eigenvalue weighted by atomic mass is 16.5. The molecule has 1 heterocycles. The minimum Gasteiger partial charge on any atom is -0.394 e. The lowest BCUT2D eigenvalue weighted by Gasteiger charge is -2.43. The quantitative estimate of drug-likeness (QED) is 0.661. The van der Waals surface area contributed by atoms with Crippen LogP contribution in [0.3, 0.4) is 0 Å². The Hall–Kier alpha value is -0.120. The SMILES string of the molecule is C[C@H]1CN(C(C)(C)C)C[C@@H](CO)O1. The van der Waals surface area contributed by atoms with E-state index < -0.39 is 0 Å². The van der Waals surface area contributed by atoms with Crippen molar-refractivity contribution in [1.29, 1.82) is 0 Å². The van der Waals surface area contributed by atoms with Crippen molar-refractivity contribution in [3.63, 3.8) is 0 Å². The molecule has 2 atom stereocenters. The molecule has 0 aromatic heterocycles. The summed E-state index contributed by atoms with van der Waals surface area (Å²) in [7, 11) is 0. The van der Waals surface area contributed by atoms with Crippen LogP contribution in [0.4, 0.5) is 0 Å². The molecule has 1 aliphatic rings. The summed E-state index contributed by atoms with van der Waals surface area (Å²) in [6.07, 6.45) is 0.216. The van der Waals surface area contributed by atoms with Gasteiger partial charge in [-0.3, -0.25) is 4.90 Å². The predicted molar refractivity (Wildman–Crippen MR) is 52.7 cm³/mol. The van der Waals surface area contributed by atoms with Crippen molar-refractivity contribution in [1.82, 2.24) is 4.90 Å². The van der Waals surface area contributed by atoms with Crippen LogP contribution in [0.5, 0.6) is 0 Å². The van der Waals surface area contributed by atoms with Gasteiger partial charge in [-0.15, -0.1) is 0 Å². The fourth-order valence-electron chi connectivity index (χ4n) is 1.69. The first-order valence-electron chi connectivity index (χ1n) is 4.95. The molecule has 1 saturated heterocycles. The highest BCUT2D eigenvalue weighted by molar-refractivity contribution is 4.84. The fraction of sp³-hybridized carbons (Fsp3) is 1.00. The minimum atomic E-state index is -0.0111. The van der Waals surface area contributed by atoms with E-state index in [0.717, 1.165) is 13.1 Å². The monoisotopic (exact) mass is 187 g/mol. The zero-order valence-corrected chi connectivity index (χ0v) is 9.08. The van der Waals surface area contributed by atoms with Crippen LogP contribution < -0.4 is 0 Å². The van der Waals surface area contributed by atoms with Crippen LogP contribution in [0.1, 0.15) is 27.7 Å². The van der Waals surface area contributed by atoms with Crippen LogP contribution in [0.15, 0.2) is 0 Å². The van der Waals surface area contributed by atoms with Crippen molar-refractivity contribution in [2.45, 2.75) is 45.4 Å². The van der Waals surface area contributed by atoms with Crippen LogP contribution in [-0.2, 0) is 4.74 Å². The van der Waals surface area contributed by atoms with Gasteiger partial charge in [-0.05, 0) is 27.7 Å². The minimum absolute atomic E-state index is 0.0111. The lowest BCUT2D eigenvalue weighted by molar-refractivity contribution is -0.115. The summed E-state index contributed by atoms with van der Waals surface area (Å²) in [6.45, 7) is 10.6. The maximum Gasteiger partial charge on any atom is 0.0936 e. The van der Waals surface area contributed by atoms with Gasteiger partial charge in [0.1, 0.15) is 0 Å². The van der Waals surface area contributed by atoms with E-state index >= 15 is 0 Å². The Balaban J connectivity index is 2.57. The molecule has 0 aromatic carbocycles. The van der Waals surface area contributed by atoms with Gasteiger partial charge in [0.05, 0.1) is 18.8 Å². The third-order valence-corrected chi connectivity index (χ3v) is 2.48. The Bertz CT molecular complexity index is 165. The molecule has 1 aliphatic heterocycles. The Morgan fingerprint density at radius 1 is 1.38 bits per heavy atom. The Morgan fingerprint density at radius 2 is 2.00 bits per heavy atom. The Kier molecular flexibility index (Phi) is 3.33. The third kappa shape index (κ3) is 2.93. The van der Waals surface area contributed by atoms with E-state index in [9.17, 15) is 0 Å². The molecule has 13 heavy (non-hydrogen) atoms. The second kappa shape index (κ2) is 3.95. The maximum absolute atomic E-state index is 9.04. The summed E-state index contributed by atoms with van der Waals surface area (Å²) in [4.78, 5) is 2.36. The molecular weight excluding hydrogens is 166 g/mol. The van der Waals surface area contributed by atoms with E-state index in [-0.39, 0.29) is 24.4 Å². The van der Waals surface area contributed by atoms with E-state index in [4.69, 9.17) is 9.84 Å². The number of aliphatic hydroxyl groups excluding tert-OH is 1. The Labute approximate surface area is 80.7 Å². The average molecular weight is 187 g/mol. The second-order valence-electron chi connectivity index (χ2n) is 4.83. The molecule has 1 rings (SSSR count). The summed E-state index contributed by atoms with van der Waals surface area (Å²) in [5.41, 5.74) is 0.172. The average Bonchev–Trinajstić information content (AvgIpc) is 2.01. The summed E-state index contributed by atoms with van der Waals surface area (Å²) in [6, 6.07) is 0. The van der Waals surface area contributed by atoms with Crippen molar-refractivity contribution in [3.8, 4) is 0 Å². The number of hydrogen-bond acceptors (Lipinski definition) is 3. The standard InChI is InChI=1S/C10H21NO2/c1-8-5-11(10(2,3)4)6-9(7-12)13-8/h8-9,12H,5-7H2,1-4H3/t8-,9-/m0/s1. The first-order valence-corrected chi connectivity index (χ1v) is 4.95. The molecule has 1 fully saturated rings. The largest absolute Gasteiger partial charge is 0.394 e. The number of aliphatic hydroxyl groups is 1. The molecule has 1 N–H and O–H groups in total. The fourth-order valence-corrected chi connectivity index (χ4v) is 1.69. The zero-order valence-electron chi connectivity index (χ0n) is 9.08. The van der Waals surface area contributed by atoms with Crippen LogP contribution in [0.25, 0.3) is 0 Å². The summed E-state index contributed by atoms with van der Waals surface area (Å²) < 4.78 is 5.57. The molecule has 0 saturated carbocycles. The maximum atomic E-state index is 9.04. The molecule has 0 aromatic rings. The van der Waals surface area contributed by atoms with E-state index in [2.05, 4.69) is 32.6 Å². The molecular formula is C10H21NO2. The van der Waals surface area contributed by atoms with Gasteiger partial charge in [0, 0.05) is 18.6 Å². The van der Waals surface area contributed by atoms with Gasteiger partial charge in [-0.1, -0.05) is 0 Å². The molecule has 0 amide bonds.